The molecule has 0 heterocycles. The number of nitrogens with one attached hydrogen (secondary N) is 1. The molecule has 0 radical (unpaired) electrons. The zero-order valence-electron chi connectivity index (χ0n) is 11.3. The summed E-state index contributed by atoms with van der Waals surface area (Å²) in [5.74, 6) is -0.616. The maximum Gasteiger partial charge on any atom is 0.303 e. The second-order valence-corrected chi connectivity index (χ2v) is 4.74. The molecule has 0 spiro atoms. The molecule has 20 heavy (non-hydrogen) atoms. The maximum atomic E-state index is 11.8. The van der Waals surface area contributed by atoms with E-state index in [0.717, 1.165) is 0 Å². The Morgan fingerprint density at radius 3 is 2.70 bits per heavy atom. The molecule has 5 nitrogen and oxygen atoms in total. The van der Waals surface area contributed by atoms with E-state index in [9.17, 15) is 9.59 Å². The number of carboxylic acids is 1. The Morgan fingerprint density at radius 2 is 2.05 bits per heavy atom. The quantitative estimate of drug-likeness (QED) is 0.723. The first-order chi connectivity index (χ1) is 9.50. The van der Waals surface area contributed by atoms with E-state index >= 15 is 0 Å². The van der Waals surface area contributed by atoms with Crippen LogP contribution in [0.1, 0.15) is 26.2 Å². The summed E-state index contributed by atoms with van der Waals surface area (Å²) in [6.07, 6.45) is 0.614. The van der Waals surface area contributed by atoms with Crippen molar-refractivity contribution in [3.63, 3.8) is 0 Å². The van der Waals surface area contributed by atoms with Gasteiger partial charge in [0.15, 0.2) is 6.10 Å². The number of amides is 1. The Morgan fingerprint density at radius 1 is 1.35 bits per heavy atom. The van der Waals surface area contributed by atoms with E-state index in [0.29, 0.717) is 30.2 Å². The van der Waals surface area contributed by atoms with Crippen molar-refractivity contribution in [3.05, 3.63) is 29.3 Å². The van der Waals surface area contributed by atoms with Crippen molar-refractivity contribution in [1.82, 2.24) is 5.32 Å². The second-order valence-electron chi connectivity index (χ2n) is 4.33. The lowest BCUT2D eigenvalue weighted by Crippen LogP contribution is -2.36. The fourth-order valence-electron chi connectivity index (χ4n) is 1.54. The molecule has 6 heteroatoms. The van der Waals surface area contributed by atoms with Crippen molar-refractivity contribution >= 4 is 23.5 Å². The molecule has 1 amide bonds. The van der Waals surface area contributed by atoms with Gasteiger partial charge < -0.3 is 15.2 Å². The predicted molar refractivity (Wildman–Crippen MR) is 76.0 cm³/mol. The summed E-state index contributed by atoms with van der Waals surface area (Å²) < 4.78 is 5.46. The monoisotopic (exact) mass is 299 g/mol. The molecule has 110 valence electrons. The number of benzene rings is 1. The van der Waals surface area contributed by atoms with Crippen LogP contribution in [0.4, 0.5) is 0 Å². The Kier molecular flexibility index (Phi) is 6.87. The molecule has 0 aliphatic carbocycles. The standard InChI is InChI=1S/C14H18ClNO4/c1-10(20-12-7-3-2-6-11(12)15)14(19)16-9-5-4-8-13(17)18/h2-3,6-7,10H,4-5,8-9H2,1H3,(H,16,19)(H,17,18). The summed E-state index contributed by atoms with van der Waals surface area (Å²) in [5, 5.41) is 11.6. The van der Waals surface area contributed by atoms with Crippen LogP contribution in [-0.2, 0) is 9.59 Å². The molecular formula is C14H18ClNO4. The SMILES string of the molecule is CC(Oc1ccccc1Cl)C(=O)NCCCCC(=O)O. The largest absolute Gasteiger partial charge is 0.481 e. The van der Waals surface area contributed by atoms with Crippen molar-refractivity contribution in [2.75, 3.05) is 6.54 Å². The fourth-order valence-corrected chi connectivity index (χ4v) is 1.72. The van der Waals surface area contributed by atoms with Crippen molar-refractivity contribution < 1.29 is 19.4 Å². The van der Waals surface area contributed by atoms with Crippen LogP contribution < -0.4 is 10.1 Å². The smallest absolute Gasteiger partial charge is 0.303 e. The first-order valence-corrected chi connectivity index (χ1v) is 6.79. The molecule has 2 N–H and O–H groups in total. The highest BCUT2D eigenvalue weighted by molar-refractivity contribution is 6.32. The number of ether oxygens (including phenoxy) is 1. The molecule has 0 saturated heterocycles. The third-order valence-electron chi connectivity index (χ3n) is 2.63. The summed E-state index contributed by atoms with van der Waals surface area (Å²) in [7, 11) is 0. The van der Waals surface area contributed by atoms with Crippen molar-refractivity contribution in [3.8, 4) is 5.75 Å². The fraction of sp³-hybridized carbons (Fsp3) is 0.429. The van der Waals surface area contributed by atoms with Gasteiger partial charge in [-0.2, -0.15) is 0 Å². The molecule has 0 aromatic heterocycles. The normalized spacial score (nSPS) is 11.7. The summed E-state index contributed by atoms with van der Waals surface area (Å²) in [6.45, 7) is 2.07. The number of para-hydroxylation sites is 1. The molecule has 1 aromatic carbocycles. The highest BCUT2D eigenvalue weighted by Crippen LogP contribution is 2.24. The average Bonchev–Trinajstić information content (AvgIpc) is 2.40. The lowest BCUT2D eigenvalue weighted by atomic mass is 10.2. The summed E-state index contributed by atoms with van der Waals surface area (Å²) in [6, 6.07) is 6.94. The number of carbonyl (C=O) groups is 2. The van der Waals surface area contributed by atoms with Gasteiger partial charge >= 0.3 is 5.97 Å². The van der Waals surface area contributed by atoms with Crippen molar-refractivity contribution in [1.29, 1.82) is 0 Å². The van der Waals surface area contributed by atoms with Gasteiger partial charge in [0.25, 0.3) is 5.91 Å². The number of rotatable bonds is 8. The first kappa shape index (κ1) is 16.3. The summed E-state index contributed by atoms with van der Waals surface area (Å²) in [5.41, 5.74) is 0. The van der Waals surface area contributed by atoms with E-state index in [-0.39, 0.29) is 12.3 Å². The minimum Gasteiger partial charge on any atom is -0.481 e. The topological polar surface area (TPSA) is 75.6 Å². The summed E-state index contributed by atoms with van der Waals surface area (Å²) >= 11 is 5.94. The average molecular weight is 300 g/mol. The number of halogens is 1. The van der Waals surface area contributed by atoms with Gasteiger partial charge in [0.2, 0.25) is 0 Å². The van der Waals surface area contributed by atoms with Crippen LogP contribution in [0.15, 0.2) is 24.3 Å². The molecule has 1 aromatic rings. The highest BCUT2D eigenvalue weighted by Gasteiger charge is 2.15. The first-order valence-electron chi connectivity index (χ1n) is 6.41. The molecule has 1 unspecified atom stereocenters. The van der Waals surface area contributed by atoms with Crippen LogP contribution >= 0.6 is 11.6 Å². The van der Waals surface area contributed by atoms with E-state index < -0.39 is 12.1 Å². The van der Waals surface area contributed by atoms with E-state index in [2.05, 4.69) is 5.32 Å². The van der Waals surface area contributed by atoms with Crippen LogP contribution in [-0.4, -0.2) is 29.6 Å². The second kappa shape index (κ2) is 8.43. The molecule has 1 rings (SSSR count). The Balaban J connectivity index is 2.29. The number of unbranched alkanes of at least 4 members (excludes halogenated alkanes) is 1. The zero-order valence-corrected chi connectivity index (χ0v) is 12.0. The van der Waals surface area contributed by atoms with Gasteiger partial charge in [0, 0.05) is 13.0 Å². The molecule has 0 aliphatic heterocycles. The maximum absolute atomic E-state index is 11.8. The summed E-state index contributed by atoms with van der Waals surface area (Å²) in [4.78, 5) is 22.1. The molecule has 0 saturated carbocycles. The molecule has 1 atom stereocenters. The minimum absolute atomic E-state index is 0.113. The van der Waals surface area contributed by atoms with Crippen LogP contribution in [0.5, 0.6) is 5.75 Å². The zero-order chi connectivity index (χ0) is 15.0. The number of hydrogen-bond acceptors (Lipinski definition) is 3. The number of carboxylic acid groups (broad SMARTS) is 1. The van der Waals surface area contributed by atoms with Gasteiger partial charge in [-0.05, 0) is 31.9 Å². The number of hydrogen-bond donors (Lipinski definition) is 2. The molecule has 0 bridgehead atoms. The Hall–Kier alpha value is -1.75. The van der Waals surface area contributed by atoms with Gasteiger partial charge in [-0.25, -0.2) is 0 Å². The molecular weight excluding hydrogens is 282 g/mol. The van der Waals surface area contributed by atoms with E-state index in [1.54, 1.807) is 31.2 Å². The van der Waals surface area contributed by atoms with Crippen molar-refractivity contribution in [2.45, 2.75) is 32.3 Å². The Bertz CT molecular complexity index is 464. The van der Waals surface area contributed by atoms with Crippen LogP contribution in [0.2, 0.25) is 5.02 Å². The lowest BCUT2D eigenvalue weighted by molar-refractivity contribution is -0.137. The van der Waals surface area contributed by atoms with Crippen molar-refractivity contribution in [2.24, 2.45) is 0 Å². The van der Waals surface area contributed by atoms with Gasteiger partial charge in [0.1, 0.15) is 5.75 Å². The molecule has 0 aliphatic rings. The van der Waals surface area contributed by atoms with E-state index in [1.165, 1.54) is 0 Å². The van der Waals surface area contributed by atoms with Gasteiger partial charge in [-0.3, -0.25) is 9.59 Å². The van der Waals surface area contributed by atoms with Gasteiger partial charge in [0.05, 0.1) is 5.02 Å². The molecule has 0 fully saturated rings. The van der Waals surface area contributed by atoms with Gasteiger partial charge in [-0.1, -0.05) is 23.7 Å². The predicted octanol–water partition coefficient (Wildman–Crippen LogP) is 2.48. The number of carbonyl (C=O) groups excluding carboxylic acids is 1. The third-order valence-corrected chi connectivity index (χ3v) is 2.94. The minimum atomic E-state index is -0.827. The van der Waals surface area contributed by atoms with Crippen LogP contribution in [0, 0.1) is 0 Å². The van der Waals surface area contributed by atoms with Crippen LogP contribution in [0.25, 0.3) is 0 Å². The lowest BCUT2D eigenvalue weighted by Gasteiger charge is -2.15. The highest BCUT2D eigenvalue weighted by atomic mass is 35.5. The van der Waals surface area contributed by atoms with Crippen LogP contribution in [0.3, 0.4) is 0 Å². The van der Waals surface area contributed by atoms with E-state index in [1.807, 2.05) is 0 Å². The Labute approximate surface area is 122 Å². The van der Waals surface area contributed by atoms with Gasteiger partial charge in [-0.15, -0.1) is 0 Å². The number of aliphatic carboxylic acids is 1. The van der Waals surface area contributed by atoms with E-state index in [4.69, 9.17) is 21.4 Å². The third kappa shape index (κ3) is 5.93.